The number of nitrogens with zero attached hydrogens (tertiary/aromatic N) is 3. The van der Waals surface area contributed by atoms with E-state index in [0.717, 1.165) is 22.7 Å². The molecule has 1 heterocycles. The summed E-state index contributed by atoms with van der Waals surface area (Å²) in [5.41, 5.74) is 2.81. The Balaban J connectivity index is 2.31. The minimum absolute atomic E-state index is 0.841. The van der Waals surface area contributed by atoms with Crippen LogP contribution in [0.1, 0.15) is 11.3 Å². The fraction of sp³-hybridized carbons (Fsp3) is 0.333. The summed E-state index contributed by atoms with van der Waals surface area (Å²) in [6, 6.07) is 6.02. The highest BCUT2D eigenvalue weighted by Gasteiger charge is 2.19. The molecule has 1 aromatic heterocycles. The summed E-state index contributed by atoms with van der Waals surface area (Å²) in [5.74, 6) is 0.888. The third-order valence-corrected chi connectivity index (χ3v) is 3.48. The van der Waals surface area contributed by atoms with Crippen LogP contribution in [0.5, 0.6) is 5.75 Å². The molecule has 0 aliphatic carbocycles. The number of aryl methyl sites for hydroxylation is 2. The van der Waals surface area contributed by atoms with Gasteiger partial charge in [0.05, 0.1) is 18.2 Å². The molecule has 2 rings (SSSR count). The van der Waals surface area contributed by atoms with E-state index in [4.69, 9.17) is 4.43 Å². The molecule has 0 spiro atoms. The van der Waals surface area contributed by atoms with Gasteiger partial charge in [0.1, 0.15) is 11.4 Å². The second kappa shape index (κ2) is 5.62. The first-order valence-electron chi connectivity index (χ1n) is 6.66. The van der Waals surface area contributed by atoms with E-state index in [1.807, 2.05) is 29.9 Å². The summed E-state index contributed by atoms with van der Waals surface area (Å²) in [7, 11) is 0.283. The normalized spacial score (nSPS) is 12.1. The summed E-state index contributed by atoms with van der Waals surface area (Å²) in [6.45, 7) is 8.57. The number of hydrogen-bond donors (Lipinski definition) is 0. The maximum Gasteiger partial charge on any atom is 0.242 e. The molecule has 0 unspecified atom stereocenters. The van der Waals surface area contributed by atoms with Crippen molar-refractivity contribution in [3.63, 3.8) is 0 Å². The molecule has 0 aliphatic rings. The van der Waals surface area contributed by atoms with Crippen molar-refractivity contribution in [1.29, 1.82) is 0 Å². The van der Waals surface area contributed by atoms with E-state index in [1.165, 1.54) is 0 Å². The van der Waals surface area contributed by atoms with Crippen LogP contribution in [0, 0.1) is 6.92 Å². The van der Waals surface area contributed by atoms with Crippen molar-refractivity contribution < 1.29 is 4.43 Å². The second-order valence-corrected chi connectivity index (χ2v) is 10.3. The molecule has 0 fully saturated rings. The van der Waals surface area contributed by atoms with Crippen molar-refractivity contribution >= 4 is 20.2 Å². The van der Waals surface area contributed by atoms with E-state index in [1.54, 1.807) is 12.5 Å². The van der Waals surface area contributed by atoms with Gasteiger partial charge in [0.2, 0.25) is 8.32 Å². The van der Waals surface area contributed by atoms with Crippen molar-refractivity contribution in [3.05, 3.63) is 42.0 Å². The number of imidazole rings is 1. The summed E-state index contributed by atoms with van der Waals surface area (Å²) in [4.78, 5) is 8.77. The Kier molecular flexibility index (Phi) is 4.08. The standard InChI is InChI=1S/C15H21N3OSi/c1-12-7-6-8-14(15(12)19-20(3,4)5)16-9-13-10-18(2)11-17-13/h6-11H,1-5H3/b16-9+. The molecule has 0 amide bonds. The lowest BCUT2D eigenvalue weighted by Crippen LogP contribution is -2.29. The van der Waals surface area contributed by atoms with Gasteiger partial charge in [-0.1, -0.05) is 12.1 Å². The maximum atomic E-state index is 6.16. The zero-order valence-electron chi connectivity index (χ0n) is 12.7. The quantitative estimate of drug-likeness (QED) is 0.635. The van der Waals surface area contributed by atoms with E-state index in [0.29, 0.717) is 0 Å². The van der Waals surface area contributed by atoms with Crippen molar-refractivity contribution in [2.45, 2.75) is 26.6 Å². The summed E-state index contributed by atoms with van der Waals surface area (Å²) >= 11 is 0. The number of para-hydroxylation sites is 1. The molecule has 2 aromatic rings. The molecule has 4 nitrogen and oxygen atoms in total. The number of hydrogen-bond acceptors (Lipinski definition) is 3. The van der Waals surface area contributed by atoms with Crippen LogP contribution in [0.3, 0.4) is 0 Å². The van der Waals surface area contributed by atoms with Crippen LogP contribution in [0.25, 0.3) is 0 Å². The van der Waals surface area contributed by atoms with Gasteiger partial charge in [-0.3, -0.25) is 4.99 Å². The van der Waals surface area contributed by atoms with E-state index in [2.05, 4.69) is 42.6 Å². The van der Waals surface area contributed by atoms with E-state index >= 15 is 0 Å². The van der Waals surface area contributed by atoms with Crippen LogP contribution in [-0.4, -0.2) is 24.1 Å². The zero-order chi connectivity index (χ0) is 14.8. The van der Waals surface area contributed by atoms with Crippen LogP contribution in [0.2, 0.25) is 19.6 Å². The Morgan fingerprint density at radius 1 is 1.30 bits per heavy atom. The largest absolute Gasteiger partial charge is 0.543 e. The minimum atomic E-state index is -1.66. The van der Waals surface area contributed by atoms with Crippen LogP contribution >= 0.6 is 0 Å². The smallest absolute Gasteiger partial charge is 0.242 e. The van der Waals surface area contributed by atoms with E-state index < -0.39 is 8.32 Å². The molecule has 0 saturated carbocycles. The zero-order valence-corrected chi connectivity index (χ0v) is 13.7. The number of benzene rings is 1. The highest BCUT2D eigenvalue weighted by molar-refractivity contribution is 6.70. The summed E-state index contributed by atoms with van der Waals surface area (Å²) in [5, 5.41) is 0. The van der Waals surface area contributed by atoms with Gasteiger partial charge in [-0.2, -0.15) is 0 Å². The Hall–Kier alpha value is -1.88. The molecule has 0 N–H and O–H groups in total. The highest BCUT2D eigenvalue weighted by Crippen LogP contribution is 2.32. The van der Waals surface area contributed by atoms with Crippen molar-refractivity contribution in [2.24, 2.45) is 12.0 Å². The predicted octanol–water partition coefficient (Wildman–Crippen LogP) is 3.69. The van der Waals surface area contributed by atoms with Gasteiger partial charge < -0.3 is 8.99 Å². The van der Waals surface area contributed by atoms with E-state index in [9.17, 15) is 0 Å². The Morgan fingerprint density at radius 3 is 2.65 bits per heavy atom. The van der Waals surface area contributed by atoms with Gasteiger partial charge >= 0.3 is 0 Å². The van der Waals surface area contributed by atoms with Crippen LogP contribution < -0.4 is 4.43 Å². The number of aliphatic imine (C=N–C) groups is 1. The third-order valence-electron chi connectivity index (χ3n) is 2.66. The number of aromatic nitrogens is 2. The van der Waals surface area contributed by atoms with Crippen molar-refractivity contribution in [1.82, 2.24) is 9.55 Å². The van der Waals surface area contributed by atoms with Gasteiger partial charge in [0.15, 0.2) is 0 Å². The molecular weight excluding hydrogens is 266 g/mol. The molecule has 0 atom stereocenters. The monoisotopic (exact) mass is 287 g/mol. The fourth-order valence-electron chi connectivity index (χ4n) is 1.81. The Labute approximate surface area is 121 Å². The van der Waals surface area contributed by atoms with Crippen LogP contribution in [0.4, 0.5) is 5.69 Å². The Bertz CT molecular complexity index is 626. The molecular formula is C15H21N3OSi. The maximum absolute atomic E-state index is 6.16. The lowest BCUT2D eigenvalue weighted by Gasteiger charge is -2.22. The minimum Gasteiger partial charge on any atom is -0.543 e. The average molecular weight is 287 g/mol. The molecule has 20 heavy (non-hydrogen) atoms. The first-order valence-corrected chi connectivity index (χ1v) is 10.1. The topological polar surface area (TPSA) is 39.4 Å². The molecule has 0 aliphatic heterocycles. The predicted molar refractivity (Wildman–Crippen MR) is 85.6 cm³/mol. The van der Waals surface area contributed by atoms with Crippen LogP contribution in [0.15, 0.2) is 35.7 Å². The van der Waals surface area contributed by atoms with Crippen LogP contribution in [-0.2, 0) is 7.05 Å². The molecule has 0 saturated heterocycles. The SMILES string of the molecule is Cc1cccc(/N=C/c2cn(C)cn2)c1O[Si](C)(C)C. The summed E-state index contributed by atoms with van der Waals surface area (Å²) in [6.07, 6.45) is 5.46. The van der Waals surface area contributed by atoms with Gasteiger partial charge in [-0.05, 0) is 38.2 Å². The highest BCUT2D eigenvalue weighted by atomic mass is 28.4. The molecule has 1 aromatic carbocycles. The Morgan fingerprint density at radius 2 is 2.05 bits per heavy atom. The first kappa shape index (κ1) is 14.5. The van der Waals surface area contributed by atoms with Gasteiger partial charge in [0.25, 0.3) is 0 Å². The second-order valence-electron chi connectivity index (χ2n) is 5.86. The van der Waals surface area contributed by atoms with Gasteiger partial charge in [-0.15, -0.1) is 0 Å². The third kappa shape index (κ3) is 3.80. The molecule has 0 bridgehead atoms. The van der Waals surface area contributed by atoms with Gasteiger partial charge in [-0.25, -0.2) is 4.98 Å². The summed E-state index contributed by atoms with van der Waals surface area (Å²) < 4.78 is 8.06. The molecule has 0 radical (unpaired) electrons. The van der Waals surface area contributed by atoms with Gasteiger partial charge in [0, 0.05) is 13.2 Å². The number of rotatable bonds is 4. The van der Waals surface area contributed by atoms with E-state index in [-0.39, 0.29) is 0 Å². The molecule has 106 valence electrons. The average Bonchev–Trinajstić information content (AvgIpc) is 2.74. The molecule has 5 heteroatoms. The first-order chi connectivity index (χ1) is 9.35. The fourth-order valence-corrected chi connectivity index (χ4v) is 2.69. The van der Waals surface area contributed by atoms with Crippen molar-refractivity contribution in [3.8, 4) is 5.75 Å². The lowest BCUT2D eigenvalue weighted by atomic mass is 10.2. The van der Waals surface area contributed by atoms with Crippen molar-refractivity contribution in [2.75, 3.05) is 0 Å². The lowest BCUT2D eigenvalue weighted by molar-refractivity contribution is 0.554.